The molecule has 2 nitrogen and oxygen atoms in total. The van der Waals surface area contributed by atoms with E-state index in [9.17, 15) is 0 Å². The number of nitrogens with two attached hydrogens (primary N) is 1. The number of anilines is 1. The van der Waals surface area contributed by atoms with Gasteiger partial charge >= 0.3 is 0 Å². The molecule has 0 saturated heterocycles. The van der Waals surface area contributed by atoms with Crippen LogP contribution < -0.4 is 11.1 Å². The van der Waals surface area contributed by atoms with Crippen LogP contribution in [-0.4, -0.2) is 13.1 Å². The second-order valence-corrected chi connectivity index (χ2v) is 4.59. The van der Waals surface area contributed by atoms with Crippen molar-refractivity contribution in [2.75, 3.05) is 18.4 Å². The summed E-state index contributed by atoms with van der Waals surface area (Å²) in [6.07, 6.45) is 0. The lowest BCUT2D eigenvalue weighted by atomic mass is 9.94. The predicted octanol–water partition coefficient (Wildman–Crippen LogP) is 2.39. The van der Waals surface area contributed by atoms with E-state index in [-0.39, 0.29) is 5.41 Å². The van der Waals surface area contributed by atoms with E-state index in [2.05, 4.69) is 50.4 Å². The fourth-order valence-corrected chi connectivity index (χ4v) is 1.17. The highest BCUT2D eigenvalue weighted by atomic mass is 14.9. The zero-order valence-corrected chi connectivity index (χ0v) is 9.30. The van der Waals surface area contributed by atoms with Crippen LogP contribution in [0.1, 0.15) is 19.4 Å². The summed E-state index contributed by atoms with van der Waals surface area (Å²) in [7, 11) is 0. The first-order chi connectivity index (χ1) is 6.53. The standard InChI is InChI=1S/C12H20N2/c1-10-5-4-6-11(7-10)14-9-12(2,3)8-13/h4-7,14H,8-9,13H2,1-3H3. The van der Waals surface area contributed by atoms with Gasteiger partial charge in [0, 0.05) is 12.2 Å². The van der Waals surface area contributed by atoms with Gasteiger partial charge in [-0.2, -0.15) is 0 Å². The largest absolute Gasteiger partial charge is 0.384 e. The molecule has 0 bridgehead atoms. The summed E-state index contributed by atoms with van der Waals surface area (Å²) in [6, 6.07) is 8.39. The molecule has 0 aliphatic heterocycles. The fraction of sp³-hybridized carbons (Fsp3) is 0.500. The zero-order valence-electron chi connectivity index (χ0n) is 9.30. The van der Waals surface area contributed by atoms with Gasteiger partial charge in [0.05, 0.1) is 0 Å². The minimum Gasteiger partial charge on any atom is -0.384 e. The normalized spacial score (nSPS) is 11.4. The van der Waals surface area contributed by atoms with Gasteiger partial charge in [-0.25, -0.2) is 0 Å². The van der Waals surface area contributed by atoms with Gasteiger partial charge in [-0.15, -0.1) is 0 Å². The van der Waals surface area contributed by atoms with Gasteiger partial charge in [0.15, 0.2) is 0 Å². The number of hydrogen-bond acceptors (Lipinski definition) is 2. The number of benzene rings is 1. The molecule has 0 fully saturated rings. The average molecular weight is 192 g/mol. The lowest BCUT2D eigenvalue weighted by molar-refractivity contribution is 0.405. The molecule has 2 heteroatoms. The Morgan fingerprint density at radius 3 is 2.64 bits per heavy atom. The molecule has 1 aromatic rings. The molecule has 0 aliphatic rings. The third-order valence-electron chi connectivity index (χ3n) is 2.34. The molecule has 1 rings (SSSR count). The molecule has 3 N–H and O–H groups in total. The molecule has 0 radical (unpaired) electrons. The van der Waals surface area contributed by atoms with E-state index in [0.29, 0.717) is 6.54 Å². The van der Waals surface area contributed by atoms with Crippen LogP contribution in [0, 0.1) is 12.3 Å². The van der Waals surface area contributed by atoms with Gasteiger partial charge in [0.25, 0.3) is 0 Å². The van der Waals surface area contributed by atoms with Crippen LogP contribution in [0.15, 0.2) is 24.3 Å². The predicted molar refractivity (Wildman–Crippen MR) is 62.5 cm³/mol. The van der Waals surface area contributed by atoms with Crippen LogP contribution >= 0.6 is 0 Å². The van der Waals surface area contributed by atoms with E-state index in [4.69, 9.17) is 5.73 Å². The van der Waals surface area contributed by atoms with Crippen molar-refractivity contribution < 1.29 is 0 Å². The summed E-state index contributed by atoms with van der Waals surface area (Å²) in [5.41, 5.74) is 8.27. The highest BCUT2D eigenvalue weighted by Crippen LogP contribution is 2.15. The van der Waals surface area contributed by atoms with Crippen LogP contribution in [0.5, 0.6) is 0 Å². The molecule has 0 heterocycles. The smallest absolute Gasteiger partial charge is 0.0342 e. The average Bonchev–Trinajstić information content (AvgIpc) is 2.15. The molecule has 78 valence electrons. The van der Waals surface area contributed by atoms with Crippen LogP contribution in [0.4, 0.5) is 5.69 Å². The molecule has 0 spiro atoms. The maximum absolute atomic E-state index is 5.66. The lowest BCUT2D eigenvalue weighted by Gasteiger charge is -2.23. The van der Waals surface area contributed by atoms with Crippen molar-refractivity contribution in [3.63, 3.8) is 0 Å². The Labute approximate surface area is 86.5 Å². The fourth-order valence-electron chi connectivity index (χ4n) is 1.17. The second-order valence-electron chi connectivity index (χ2n) is 4.59. The topological polar surface area (TPSA) is 38.0 Å². The first kappa shape index (κ1) is 11.1. The van der Waals surface area contributed by atoms with Crippen molar-refractivity contribution in [1.29, 1.82) is 0 Å². The summed E-state index contributed by atoms with van der Waals surface area (Å²) in [5, 5.41) is 3.40. The molecule has 0 unspecified atom stereocenters. The Hall–Kier alpha value is -1.02. The highest BCUT2D eigenvalue weighted by Gasteiger charge is 2.14. The molecular formula is C12H20N2. The van der Waals surface area contributed by atoms with Crippen LogP contribution in [-0.2, 0) is 0 Å². The van der Waals surface area contributed by atoms with Gasteiger partial charge in [0.2, 0.25) is 0 Å². The Kier molecular flexibility index (Phi) is 3.53. The van der Waals surface area contributed by atoms with Crippen LogP contribution in [0.2, 0.25) is 0 Å². The Balaban J connectivity index is 2.54. The Morgan fingerprint density at radius 1 is 1.36 bits per heavy atom. The van der Waals surface area contributed by atoms with Gasteiger partial charge in [-0.05, 0) is 36.6 Å². The molecule has 0 aromatic heterocycles. The number of nitrogens with one attached hydrogen (secondary N) is 1. The first-order valence-corrected chi connectivity index (χ1v) is 5.04. The highest BCUT2D eigenvalue weighted by molar-refractivity contribution is 5.45. The number of rotatable bonds is 4. The van der Waals surface area contributed by atoms with Crippen molar-refractivity contribution in [1.82, 2.24) is 0 Å². The van der Waals surface area contributed by atoms with Crippen LogP contribution in [0.3, 0.4) is 0 Å². The minimum atomic E-state index is 0.156. The minimum absolute atomic E-state index is 0.156. The lowest BCUT2D eigenvalue weighted by Crippen LogP contribution is -2.31. The Morgan fingerprint density at radius 2 is 2.07 bits per heavy atom. The summed E-state index contributed by atoms with van der Waals surface area (Å²) in [4.78, 5) is 0. The van der Waals surface area contributed by atoms with Gasteiger partial charge in [-0.3, -0.25) is 0 Å². The van der Waals surface area contributed by atoms with E-state index in [0.717, 1.165) is 6.54 Å². The third kappa shape index (κ3) is 3.38. The van der Waals surface area contributed by atoms with Crippen molar-refractivity contribution in [3.05, 3.63) is 29.8 Å². The van der Waals surface area contributed by atoms with E-state index in [1.807, 2.05) is 0 Å². The van der Waals surface area contributed by atoms with E-state index in [1.165, 1.54) is 11.3 Å². The zero-order chi connectivity index (χ0) is 10.6. The first-order valence-electron chi connectivity index (χ1n) is 5.04. The Bertz CT molecular complexity index is 292. The molecule has 14 heavy (non-hydrogen) atoms. The SMILES string of the molecule is Cc1cccc(NCC(C)(C)CN)c1. The van der Waals surface area contributed by atoms with Gasteiger partial charge < -0.3 is 11.1 Å². The molecular weight excluding hydrogens is 172 g/mol. The quantitative estimate of drug-likeness (QED) is 0.768. The molecule has 0 atom stereocenters. The molecule has 1 aromatic carbocycles. The molecule has 0 amide bonds. The summed E-state index contributed by atoms with van der Waals surface area (Å²) < 4.78 is 0. The molecule has 0 aliphatic carbocycles. The van der Waals surface area contributed by atoms with Crippen LogP contribution in [0.25, 0.3) is 0 Å². The molecule has 0 saturated carbocycles. The second kappa shape index (κ2) is 4.47. The number of aryl methyl sites for hydroxylation is 1. The summed E-state index contributed by atoms with van der Waals surface area (Å²) in [6.45, 7) is 8.03. The summed E-state index contributed by atoms with van der Waals surface area (Å²) in [5.74, 6) is 0. The van der Waals surface area contributed by atoms with Gasteiger partial charge in [0.1, 0.15) is 0 Å². The third-order valence-corrected chi connectivity index (χ3v) is 2.34. The monoisotopic (exact) mass is 192 g/mol. The van der Waals surface area contributed by atoms with Crippen molar-refractivity contribution in [2.24, 2.45) is 11.1 Å². The van der Waals surface area contributed by atoms with Gasteiger partial charge in [-0.1, -0.05) is 26.0 Å². The van der Waals surface area contributed by atoms with Crippen molar-refractivity contribution in [2.45, 2.75) is 20.8 Å². The van der Waals surface area contributed by atoms with E-state index in [1.54, 1.807) is 0 Å². The van der Waals surface area contributed by atoms with E-state index < -0.39 is 0 Å². The van der Waals surface area contributed by atoms with E-state index >= 15 is 0 Å². The number of hydrogen-bond donors (Lipinski definition) is 2. The maximum atomic E-state index is 5.66. The van der Waals surface area contributed by atoms with Crippen molar-refractivity contribution in [3.8, 4) is 0 Å². The van der Waals surface area contributed by atoms with Crippen molar-refractivity contribution >= 4 is 5.69 Å². The summed E-state index contributed by atoms with van der Waals surface area (Å²) >= 11 is 0. The maximum Gasteiger partial charge on any atom is 0.0342 e.